The molecule has 1 aliphatic heterocycles. The van der Waals surface area contributed by atoms with Crippen molar-refractivity contribution >= 4 is 27.6 Å². The first-order valence-electron chi connectivity index (χ1n) is 11.2. The number of ketones is 1. The van der Waals surface area contributed by atoms with Crippen LogP contribution in [0.4, 0.5) is 0 Å². The molecule has 5 heteroatoms. The normalized spacial score (nSPS) is 15.9. The monoisotopic (exact) mass is 471 g/mol. The van der Waals surface area contributed by atoms with Crippen molar-refractivity contribution in [3.8, 4) is 0 Å². The summed E-state index contributed by atoms with van der Waals surface area (Å²) in [5.41, 5.74) is 4.01. The smallest absolute Gasteiger partial charge is 0.265 e. The van der Waals surface area contributed by atoms with Crippen molar-refractivity contribution in [2.24, 2.45) is 0 Å². The Morgan fingerprint density at radius 2 is 1.47 bits per heavy atom. The third-order valence-electron chi connectivity index (χ3n) is 6.18. The summed E-state index contributed by atoms with van der Waals surface area (Å²) >= 11 is 0. The van der Waals surface area contributed by atoms with Crippen LogP contribution in [0, 0.1) is 0 Å². The molecule has 0 unspecified atom stereocenters. The molecule has 1 atom stereocenters. The van der Waals surface area contributed by atoms with E-state index in [0.29, 0.717) is 5.70 Å². The number of carbonyl (C=O) groups excluding carboxylic acids is 1. The van der Waals surface area contributed by atoms with E-state index in [-0.39, 0.29) is 21.7 Å². The van der Waals surface area contributed by atoms with E-state index < -0.39 is 16.1 Å². The van der Waals surface area contributed by atoms with Gasteiger partial charge in [0.1, 0.15) is 0 Å². The quantitative estimate of drug-likeness (QED) is 0.406. The number of carbonyl (C=O) groups is 1. The first-order chi connectivity index (χ1) is 16.0. The van der Waals surface area contributed by atoms with Crippen molar-refractivity contribution in [3.05, 3.63) is 113 Å². The fourth-order valence-corrected chi connectivity index (χ4v) is 5.86. The van der Waals surface area contributed by atoms with Crippen LogP contribution < -0.4 is 0 Å². The molecular weight excluding hydrogens is 442 g/mol. The summed E-state index contributed by atoms with van der Waals surface area (Å²) in [6, 6.07) is 23.1. The van der Waals surface area contributed by atoms with Crippen LogP contribution in [0.2, 0.25) is 0 Å². The number of sulfonamides is 1. The third-order valence-corrected chi connectivity index (χ3v) is 7.98. The highest BCUT2D eigenvalue weighted by atomic mass is 32.2. The number of hydrogen-bond acceptors (Lipinski definition) is 3. The Kier molecular flexibility index (Phi) is 6.09. The van der Waals surface area contributed by atoms with Gasteiger partial charge in [0.25, 0.3) is 10.0 Å². The number of rotatable bonds is 5. The number of Topliss-reactive ketones (excluding diaryl/α,β-unsaturated/α-hetero) is 1. The summed E-state index contributed by atoms with van der Waals surface area (Å²) in [6.45, 7) is 11.7. The lowest BCUT2D eigenvalue weighted by atomic mass is 9.87. The van der Waals surface area contributed by atoms with E-state index in [2.05, 4.69) is 27.4 Å². The number of hydrogen-bond donors (Lipinski definition) is 0. The van der Waals surface area contributed by atoms with Crippen LogP contribution in [0.15, 0.2) is 95.9 Å². The Bertz CT molecular complexity index is 1380. The first kappa shape index (κ1) is 23.7. The van der Waals surface area contributed by atoms with Crippen LogP contribution in [-0.4, -0.2) is 18.5 Å². The highest BCUT2D eigenvalue weighted by molar-refractivity contribution is 7.89. The van der Waals surface area contributed by atoms with Crippen LogP contribution >= 0.6 is 0 Å². The van der Waals surface area contributed by atoms with Gasteiger partial charge in [0.2, 0.25) is 0 Å². The second-order valence-corrected chi connectivity index (χ2v) is 11.4. The summed E-state index contributed by atoms with van der Waals surface area (Å²) in [6.07, 6.45) is 1.87. The second kappa shape index (κ2) is 8.73. The minimum Gasteiger partial charge on any atom is -0.295 e. The van der Waals surface area contributed by atoms with Gasteiger partial charge in [0, 0.05) is 5.57 Å². The van der Waals surface area contributed by atoms with Crippen molar-refractivity contribution < 1.29 is 13.2 Å². The van der Waals surface area contributed by atoms with Crippen molar-refractivity contribution in [2.45, 2.75) is 44.0 Å². The van der Waals surface area contributed by atoms with Gasteiger partial charge in [-0.25, -0.2) is 8.42 Å². The molecule has 1 heterocycles. The number of fused-ring (bicyclic) bond motifs is 1. The summed E-state index contributed by atoms with van der Waals surface area (Å²) in [4.78, 5) is 12.7. The van der Waals surface area contributed by atoms with Gasteiger partial charge in [-0.15, -0.1) is 0 Å². The van der Waals surface area contributed by atoms with Crippen LogP contribution in [0.5, 0.6) is 0 Å². The molecule has 0 fully saturated rings. The molecule has 0 aliphatic carbocycles. The summed E-state index contributed by atoms with van der Waals surface area (Å²) in [5.74, 6) is -0.252. The van der Waals surface area contributed by atoms with Gasteiger partial charge in [-0.3, -0.25) is 9.10 Å². The molecule has 0 spiro atoms. The molecule has 0 radical (unpaired) electrons. The average Bonchev–Trinajstić information content (AvgIpc) is 2.82. The fraction of sp³-hybridized carbons (Fsp3) is 0.207. The Morgan fingerprint density at radius 1 is 0.882 bits per heavy atom. The van der Waals surface area contributed by atoms with Crippen LogP contribution in [0.1, 0.15) is 56.0 Å². The van der Waals surface area contributed by atoms with Crippen molar-refractivity contribution in [2.75, 3.05) is 0 Å². The molecule has 0 saturated carbocycles. The van der Waals surface area contributed by atoms with Gasteiger partial charge in [-0.1, -0.05) is 94.1 Å². The van der Waals surface area contributed by atoms with Crippen molar-refractivity contribution in [1.82, 2.24) is 4.31 Å². The lowest BCUT2D eigenvalue weighted by Gasteiger charge is -2.39. The minimum absolute atomic E-state index is 0.104. The van der Waals surface area contributed by atoms with Gasteiger partial charge in [0.05, 0.1) is 16.6 Å². The first-order valence-corrected chi connectivity index (χ1v) is 12.7. The Morgan fingerprint density at radius 3 is 2.06 bits per heavy atom. The highest BCUT2D eigenvalue weighted by Gasteiger charge is 2.40. The Balaban J connectivity index is 1.97. The van der Waals surface area contributed by atoms with E-state index >= 15 is 0 Å². The molecule has 4 nitrogen and oxygen atoms in total. The molecule has 34 heavy (non-hydrogen) atoms. The molecule has 174 valence electrons. The third kappa shape index (κ3) is 4.24. The van der Waals surface area contributed by atoms with Gasteiger partial charge >= 0.3 is 0 Å². The molecule has 4 rings (SSSR count). The molecule has 1 aliphatic rings. The molecule has 0 saturated heterocycles. The number of benzene rings is 3. The average molecular weight is 472 g/mol. The maximum Gasteiger partial charge on any atom is 0.265 e. The van der Waals surface area contributed by atoms with E-state index in [1.807, 2.05) is 72.8 Å². The van der Waals surface area contributed by atoms with Crippen LogP contribution in [-0.2, 0) is 20.2 Å². The fourth-order valence-electron chi connectivity index (χ4n) is 4.22. The van der Waals surface area contributed by atoms with E-state index in [9.17, 15) is 13.2 Å². The maximum absolute atomic E-state index is 14.2. The van der Waals surface area contributed by atoms with Crippen LogP contribution in [0.3, 0.4) is 0 Å². The molecular formula is C29H29NO3S. The van der Waals surface area contributed by atoms with Crippen molar-refractivity contribution in [3.63, 3.8) is 0 Å². The summed E-state index contributed by atoms with van der Waals surface area (Å²) in [7, 11) is -4.04. The lowest BCUT2D eigenvalue weighted by Crippen LogP contribution is -2.37. The van der Waals surface area contributed by atoms with Gasteiger partial charge in [-0.2, -0.15) is 0 Å². The van der Waals surface area contributed by atoms with Gasteiger partial charge < -0.3 is 0 Å². The molecule has 0 N–H and O–H groups in total. The Hall–Kier alpha value is -3.44. The zero-order valence-corrected chi connectivity index (χ0v) is 20.8. The zero-order valence-electron chi connectivity index (χ0n) is 19.9. The van der Waals surface area contributed by atoms with Crippen LogP contribution in [0.25, 0.3) is 11.8 Å². The largest absolute Gasteiger partial charge is 0.295 e. The molecule has 3 aromatic carbocycles. The molecule has 3 aromatic rings. The van der Waals surface area contributed by atoms with E-state index in [1.54, 1.807) is 12.1 Å². The predicted molar refractivity (Wildman–Crippen MR) is 137 cm³/mol. The summed E-state index contributed by atoms with van der Waals surface area (Å²) < 4.78 is 29.8. The molecule has 0 amide bonds. The summed E-state index contributed by atoms with van der Waals surface area (Å²) in [5, 5.41) is 0. The standard InChI is InChI=1S/C29H29NO3S/c1-20(21(2)31)28-26-14-10-9-13-23(26)19-27(22-11-7-6-8-12-22)30(28)34(32,33)25-17-15-24(16-18-25)29(3,4)5/h6-19,28H,1H2,2-5H3/t28-/m1/s1. The number of nitrogens with zero attached hydrogens (tertiary/aromatic N) is 1. The zero-order chi connectivity index (χ0) is 24.7. The van der Waals surface area contributed by atoms with E-state index in [4.69, 9.17) is 0 Å². The van der Waals surface area contributed by atoms with E-state index in [0.717, 1.165) is 22.3 Å². The predicted octanol–water partition coefficient (Wildman–Crippen LogP) is 6.37. The molecule has 0 bridgehead atoms. The second-order valence-electron chi connectivity index (χ2n) is 9.58. The van der Waals surface area contributed by atoms with Gasteiger partial charge in [0.15, 0.2) is 5.78 Å². The minimum atomic E-state index is -4.04. The Labute approximate surface area is 202 Å². The van der Waals surface area contributed by atoms with Crippen molar-refractivity contribution in [1.29, 1.82) is 0 Å². The molecule has 0 aromatic heterocycles. The lowest BCUT2D eigenvalue weighted by molar-refractivity contribution is -0.114. The van der Waals surface area contributed by atoms with E-state index in [1.165, 1.54) is 11.2 Å². The SMILES string of the molecule is C=C(C(C)=O)[C@@H]1c2ccccc2C=C(c2ccccc2)N1S(=O)(=O)c1ccc(C(C)(C)C)cc1. The van der Waals surface area contributed by atoms with Gasteiger partial charge in [-0.05, 0) is 52.8 Å². The topological polar surface area (TPSA) is 54.5 Å². The highest BCUT2D eigenvalue weighted by Crippen LogP contribution is 2.45. The maximum atomic E-state index is 14.2.